The minimum absolute atomic E-state index is 0.0110. The average molecular weight is 345 g/mol. The lowest BCUT2D eigenvalue weighted by molar-refractivity contribution is -0.137. The lowest BCUT2D eigenvalue weighted by Crippen LogP contribution is -2.44. The lowest BCUT2D eigenvalue weighted by Gasteiger charge is -2.22. The van der Waals surface area contributed by atoms with Gasteiger partial charge in [-0.25, -0.2) is 0 Å². The fourth-order valence-electron chi connectivity index (χ4n) is 2.59. The molecule has 0 bridgehead atoms. The van der Waals surface area contributed by atoms with Crippen LogP contribution in [0.25, 0.3) is 0 Å². The van der Waals surface area contributed by atoms with Crippen molar-refractivity contribution in [3.63, 3.8) is 0 Å². The van der Waals surface area contributed by atoms with Gasteiger partial charge in [0.15, 0.2) is 0 Å². The van der Waals surface area contributed by atoms with Crippen LogP contribution in [0.3, 0.4) is 0 Å². The summed E-state index contributed by atoms with van der Waals surface area (Å²) in [5.41, 5.74) is 1.75. The highest BCUT2D eigenvalue weighted by Gasteiger charge is 2.33. The maximum atomic E-state index is 12.2. The summed E-state index contributed by atoms with van der Waals surface area (Å²) < 4.78 is 0. The van der Waals surface area contributed by atoms with E-state index in [1.54, 1.807) is 11.0 Å². The third-order valence-corrected chi connectivity index (χ3v) is 3.95. The van der Waals surface area contributed by atoms with Crippen LogP contribution in [-0.4, -0.2) is 41.8 Å². The molecule has 1 fully saturated rings. The third kappa shape index (κ3) is 6.57. The largest absolute Gasteiger partial charge is 0.345 e. The Morgan fingerprint density at radius 3 is 2.52 bits per heavy atom. The van der Waals surface area contributed by atoms with E-state index in [2.05, 4.69) is 10.6 Å². The number of carbonyl (C=O) groups is 3. The van der Waals surface area contributed by atoms with Crippen LogP contribution in [0.4, 0.5) is 5.69 Å². The minimum atomic E-state index is -0.302. The first-order valence-corrected chi connectivity index (χ1v) is 8.78. The van der Waals surface area contributed by atoms with Crippen LogP contribution in [-0.2, 0) is 14.4 Å². The molecule has 0 unspecified atom stereocenters. The highest BCUT2D eigenvalue weighted by Crippen LogP contribution is 2.27. The molecule has 0 aromatic heterocycles. The van der Waals surface area contributed by atoms with Crippen LogP contribution < -0.4 is 10.6 Å². The van der Waals surface area contributed by atoms with Crippen LogP contribution in [0.15, 0.2) is 24.3 Å². The van der Waals surface area contributed by atoms with Crippen molar-refractivity contribution >= 4 is 23.4 Å². The van der Waals surface area contributed by atoms with Gasteiger partial charge in [0, 0.05) is 18.2 Å². The van der Waals surface area contributed by atoms with Crippen LogP contribution in [0, 0.1) is 12.8 Å². The molecule has 1 aromatic rings. The van der Waals surface area contributed by atoms with Gasteiger partial charge < -0.3 is 15.5 Å². The number of aryl methyl sites for hydroxylation is 1. The number of amides is 3. The van der Waals surface area contributed by atoms with E-state index in [1.165, 1.54) is 0 Å². The molecule has 0 spiro atoms. The van der Waals surface area contributed by atoms with Crippen molar-refractivity contribution in [3.05, 3.63) is 29.8 Å². The third-order valence-electron chi connectivity index (χ3n) is 3.95. The number of hydrogen-bond acceptors (Lipinski definition) is 3. The first-order chi connectivity index (χ1) is 11.8. The molecule has 1 aromatic carbocycles. The van der Waals surface area contributed by atoms with Gasteiger partial charge in [-0.2, -0.15) is 0 Å². The van der Waals surface area contributed by atoms with E-state index in [0.717, 1.165) is 18.4 Å². The number of rotatable bonds is 8. The summed E-state index contributed by atoms with van der Waals surface area (Å²) in [6, 6.07) is 7.64. The van der Waals surface area contributed by atoms with Crippen LogP contribution in [0.1, 0.15) is 38.7 Å². The van der Waals surface area contributed by atoms with Gasteiger partial charge in [-0.15, -0.1) is 0 Å². The van der Waals surface area contributed by atoms with E-state index in [4.69, 9.17) is 0 Å². The quantitative estimate of drug-likeness (QED) is 0.757. The maximum absolute atomic E-state index is 12.2. The van der Waals surface area contributed by atoms with Crippen LogP contribution in [0.5, 0.6) is 0 Å². The molecule has 25 heavy (non-hydrogen) atoms. The second kappa shape index (κ2) is 8.65. The van der Waals surface area contributed by atoms with E-state index in [0.29, 0.717) is 12.1 Å². The van der Waals surface area contributed by atoms with E-state index >= 15 is 0 Å². The molecule has 136 valence electrons. The first kappa shape index (κ1) is 19.0. The number of nitrogens with one attached hydrogen (secondary N) is 2. The second-order valence-corrected chi connectivity index (χ2v) is 7.05. The normalized spacial score (nSPS) is 13.4. The number of hydrogen-bond donors (Lipinski definition) is 2. The Hall–Kier alpha value is -2.37. The van der Waals surface area contributed by atoms with E-state index < -0.39 is 0 Å². The number of benzene rings is 1. The molecule has 0 atom stereocenters. The number of anilines is 1. The standard InChI is InChI=1S/C19H27N3O3/c1-13(2)9-19(25)22(16-7-8-16)12-18(24)20-11-17(23)21-15-6-4-5-14(3)10-15/h4-6,10,13,16H,7-9,11-12H2,1-3H3,(H,20,24)(H,21,23). The van der Waals surface area contributed by atoms with Crippen molar-refractivity contribution in [2.75, 3.05) is 18.4 Å². The van der Waals surface area contributed by atoms with Gasteiger partial charge in [0.2, 0.25) is 17.7 Å². The zero-order valence-electron chi connectivity index (χ0n) is 15.2. The summed E-state index contributed by atoms with van der Waals surface area (Å²) in [6.45, 7) is 5.83. The smallest absolute Gasteiger partial charge is 0.243 e. The summed E-state index contributed by atoms with van der Waals surface area (Å²) in [7, 11) is 0. The van der Waals surface area contributed by atoms with Crippen molar-refractivity contribution in [3.8, 4) is 0 Å². The summed E-state index contributed by atoms with van der Waals surface area (Å²) >= 11 is 0. The molecule has 6 nitrogen and oxygen atoms in total. The van der Waals surface area contributed by atoms with Gasteiger partial charge in [-0.3, -0.25) is 14.4 Å². The predicted octanol–water partition coefficient (Wildman–Crippen LogP) is 2.09. The molecule has 0 heterocycles. The number of carbonyl (C=O) groups excluding carboxylic acids is 3. The van der Waals surface area contributed by atoms with Crippen molar-refractivity contribution in [2.24, 2.45) is 5.92 Å². The van der Waals surface area contributed by atoms with Crippen molar-refractivity contribution in [2.45, 2.75) is 46.1 Å². The molecular formula is C19H27N3O3. The Labute approximate surface area is 149 Å². The fraction of sp³-hybridized carbons (Fsp3) is 0.526. The molecule has 0 aliphatic heterocycles. The fourth-order valence-corrected chi connectivity index (χ4v) is 2.59. The molecule has 0 radical (unpaired) electrons. The highest BCUT2D eigenvalue weighted by molar-refractivity contribution is 5.95. The van der Waals surface area contributed by atoms with Gasteiger partial charge in [-0.05, 0) is 43.4 Å². The second-order valence-electron chi connectivity index (χ2n) is 7.05. The van der Waals surface area contributed by atoms with Gasteiger partial charge in [0.25, 0.3) is 0 Å². The van der Waals surface area contributed by atoms with Crippen molar-refractivity contribution < 1.29 is 14.4 Å². The molecule has 6 heteroatoms. The summed E-state index contributed by atoms with van der Waals surface area (Å²) in [4.78, 5) is 37.9. The monoisotopic (exact) mass is 345 g/mol. The van der Waals surface area contributed by atoms with Crippen LogP contribution >= 0.6 is 0 Å². The van der Waals surface area contributed by atoms with Gasteiger partial charge in [0.1, 0.15) is 0 Å². The van der Waals surface area contributed by atoms with Gasteiger partial charge >= 0.3 is 0 Å². The molecule has 2 N–H and O–H groups in total. The summed E-state index contributed by atoms with van der Waals surface area (Å²) in [5, 5.41) is 5.33. The topological polar surface area (TPSA) is 78.5 Å². The van der Waals surface area contributed by atoms with Crippen LogP contribution in [0.2, 0.25) is 0 Å². The Kier molecular flexibility index (Phi) is 6.56. The Morgan fingerprint density at radius 2 is 1.92 bits per heavy atom. The predicted molar refractivity (Wildman–Crippen MR) is 97.0 cm³/mol. The molecule has 0 saturated heterocycles. The summed E-state index contributed by atoms with van der Waals surface area (Å²) in [6.07, 6.45) is 2.34. The molecule has 1 aliphatic carbocycles. The lowest BCUT2D eigenvalue weighted by atomic mass is 10.1. The molecule has 2 rings (SSSR count). The zero-order chi connectivity index (χ0) is 18.4. The Morgan fingerprint density at radius 1 is 1.20 bits per heavy atom. The van der Waals surface area contributed by atoms with Gasteiger partial charge in [0.05, 0.1) is 13.1 Å². The molecular weight excluding hydrogens is 318 g/mol. The van der Waals surface area contributed by atoms with E-state index in [9.17, 15) is 14.4 Å². The molecule has 1 saturated carbocycles. The average Bonchev–Trinajstić information content (AvgIpc) is 3.34. The zero-order valence-corrected chi connectivity index (χ0v) is 15.2. The maximum Gasteiger partial charge on any atom is 0.243 e. The van der Waals surface area contributed by atoms with Gasteiger partial charge in [-0.1, -0.05) is 26.0 Å². The Bertz CT molecular complexity index is 639. The minimum Gasteiger partial charge on any atom is -0.345 e. The number of nitrogens with zero attached hydrogens (tertiary/aromatic N) is 1. The Balaban J connectivity index is 1.78. The van der Waals surface area contributed by atoms with E-state index in [1.807, 2.05) is 39.0 Å². The van der Waals surface area contributed by atoms with Crippen molar-refractivity contribution in [1.82, 2.24) is 10.2 Å². The molecule has 3 amide bonds. The van der Waals surface area contributed by atoms with E-state index in [-0.39, 0.29) is 42.8 Å². The summed E-state index contributed by atoms with van der Waals surface area (Å²) in [5.74, 6) is -0.317. The molecule has 1 aliphatic rings. The van der Waals surface area contributed by atoms with Crippen molar-refractivity contribution in [1.29, 1.82) is 0 Å². The highest BCUT2D eigenvalue weighted by atomic mass is 16.2. The first-order valence-electron chi connectivity index (χ1n) is 8.78. The SMILES string of the molecule is Cc1cccc(NC(=O)CNC(=O)CN(C(=O)CC(C)C)C2CC2)c1.